The minimum absolute atomic E-state index is 0.170. The number of rotatable bonds is 4. The summed E-state index contributed by atoms with van der Waals surface area (Å²) in [6, 6.07) is 6.72. The quantitative estimate of drug-likeness (QED) is 0.900. The lowest BCUT2D eigenvalue weighted by Crippen LogP contribution is -2.23. The number of nitrogens with zero attached hydrogens (tertiary/aromatic N) is 2. The summed E-state index contributed by atoms with van der Waals surface area (Å²) in [5.41, 5.74) is 0.127. The van der Waals surface area contributed by atoms with Crippen molar-refractivity contribution in [2.24, 2.45) is 0 Å². The van der Waals surface area contributed by atoms with Gasteiger partial charge in [-0.25, -0.2) is 0 Å². The minimum Gasteiger partial charge on any atom is -0.508 e. The summed E-state index contributed by atoms with van der Waals surface area (Å²) in [6.45, 7) is 3.88. The van der Waals surface area contributed by atoms with E-state index in [1.807, 2.05) is 19.9 Å². The van der Waals surface area contributed by atoms with Crippen molar-refractivity contribution in [3.8, 4) is 17.1 Å². The van der Waals surface area contributed by atoms with E-state index in [-0.39, 0.29) is 5.75 Å². The molecule has 0 spiro atoms. The van der Waals surface area contributed by atoms with Crippen LogP contribution in [0, 0.1) is 0 Å². The van der Waals surface area contributed by atoms with Gasteiger partial charge in [0.25, 0.3) is 5.89 Å². The number of hydrogen-bond acceptors (Lipinski definition) is 5. The molecule has 0 aliphatic carbocycles. The lowest BCUT2D eigenvalue weighted by Gasteiger charge is -2.21. The highest BCUT2D eigenvalue weighted by Crippen LogP contribution is 2.29. The van der Waals surface area contributed by atoms with Crippen LogP contribution in [0.5, 0.6) is 5.75 Å². The molecule has 1 atom stereocenters. The van der Waals surface area contributed by atoms with Crippen molar-refractivity contribution in [3.63, 3.8) is 0 Å². The van der Waals surface area contributed by atoms with Gasteiger partial charge in [0.15, 0.2) is 0 Å². The molecule has 1 heterocycles. The molecular weight excluding hydrogens is 232 g/mol. The highest BCUT2D eigenvalue weighted by Gasteiger charge is 2.31. The topological polar surface area (TPSA) is 68.4 Å². The minimum atomic E-state index is -0.581. The third-order valence-corrected chi connectivity index (χ3v) is 3.11. The van der Waals surface area contributed by atoms with E-state index in [1.54, 1.807) is 25.3 Å². The molecule has 1 aromatic heterocycles. The zero-order valence-electron chi connectivity index (χ0n) is 10.7. The summed E-state index contributed by atoms with van der Waals surface area (Å²) >= 11 is 0. The third kappa shape index (κ3) is 2.22. The number of phenolic OH excluding ortho intramolecular Hbond substituents is 1. The second-order valence-corrected chi connectivity index (χ2v) is 4.26. The van der Waals surface area contributed by atoms with Gasteiger partial charge < -0.3 is 14.4 Å². The van der Waals surface area contributed by atoms with Crippen LogP contribution in [0.4, 0.5) is 0 Å². The van der Waals surface area contributed by atoms with Crippen LogP contribution in [0.15, 0.2) is 28.8 Å². The van der Waals surface area contributed by atoms with Crippen LogP contribution in [0.2, 0.25) is 0 Å². The van der Waals surface area contributed by atoms with Crippen LogP contribution in [-0.2, 0) is 10.3 Å². The van der Waals surface area contributed by atoms with Crippen molar-refractivity contribution in [1.29, 1.82) is 0 Å². The van der Waals surface area contributed by atoms with E-state index in [2.05, 4.69) is 10.1 Å². The maximum Gasteiger partial charge on any atom is 0.258 e. The van der Waals surface area contributed by atoms with Gasteiger partial charge in [0.1, 0.15) is 11.4 Å². The van der Waals surface area contributed by atoms with E-state index in [9.17, 15) is 5.11 Å². The van der Waals surface area contributed by atoms with Gasteiger partial charge in [-0.3, -0.25) is 0 Å². The summed E-state index contributed by atoms with van der Waals surface area (Å²) in [5, 5.41) is 13.3. The summed E-state index contributed by atoms with van der Waals surface area (Å²) in [7, 11) is 1.61. The first-order chi connectivity index (χ1) is 8.59. The van der Waals surface area contributed by atoms with Gasteiger partial charge >= 0.3 is 0 Å². The Labute approximate surface area is 105 Å². The molecule has 0 radical (unpaired) electrons. The van der Waals surface area contributed by atoms with E-state index in [0.717, 1.165) is 6.42 Å². The molecule has 0 aliphatic heterocycles. The van der Waals surface area contributed by atoms with E-state index < -0.39 is 5.60 Å². The predicted molar refractivity (Wildman–Crippen MR) is 66.1 cm³/mol. The zero-order valence-corrected chi connectivity index (χ0v) is 10.7. The first-order valence-electron chi connectivity index (χ1n) is 5.78. The molecule has 1 N–H and O–H groups in total. The second-order valence-electron chi connectivity index (χ2n) is 4.26. The Balaban J connectivity index is 2.36. The first-order valence-corrected chi connectivity index (χ1v) is 5.78. The standard InChI is InChI=1S/C13H16N2O3/c1-4-13(2,17-3)12-14-11(15-18-12)9-6-5-7-10(16)8-9/h5-8,16H,4H2,1-3H3. The van der Waals surface area contributed by atoms with Crippen molar-refractivity contribution in [3.05, 3.63) is 30.2 Å². The number of ether oxygens (including phenoxy) is 1. The van der Waals surface area contributed by atoms with Crippen LogP contribution in [0.3, 0.4) is 0 Å². The number of aromatic hydroxyl groups is 1. The van der Waals surface area contributed by atoms with Crippen LogP contribution < -0.4 is 0 Å². The number of methoxy groups -OCH3 is 1. The number of hydrogen-bond donors (Lipinski definition) is 1. The molecule has 2 aromatic rings. The second kappa shape index (κ2) is 4.78. The highest BCUT2D eigenvalue weighted by molar-refractivity contribution is 5.56. The Morgan fingerprint density at radius 1 is 1.44 bits per heavy atom. The fraction of sp³-hybridized carbons (Fsp3) is 0.385. The summed E-state index contributed by atoms with van der Waals surface area (Å²) in [6.07, 6.45) is 0.727. The van der Waals surface area contributed by atoms with Gasteiger partial charge in [0.05, 0.1) is 0 Å². The predicted octanol–water partition coefficient (Wildman–Crippen LogP) is 2.71. The summed E-state index contributed by atoms with van der Waals surface area (Å²) in [5.74, 6) is 1.05. The molecule has 0 aliphatic rings. The Kier molecular flexibility index (Phi) is 3.34. The molecule has 0 saturated carbocycles. The van der Waals surface area contributed by atoms with E-state index in [0.29, 0.717) is 17.3 Å². The zero-order chi connectivity index (χ0) is 13.2. The lowest BCUT2D eigenvalue weighted by atomic mass is 10.0. The van der Waals surface area contributed by atoms with Gasteiger partial charge in [-0.05, 0) is 25.5 Å². The molecule has 5 heteroatoms. The number of benzene rings is 1. The highest BCUT2D eigenvalue weighted by atomic mass is 16.5. The summed E-state index contributed by atoms with van der Waals surface area (Å²) in [4.78, 5) is 4.32. The average Bonchev–Trinajstić information content (AvgIpc) is 2.88. The van der Waals surface area contributed by atoms with Crippen molar-refractivity contribution in [2.45, 2.75) is 25.9 Å². The fourth-order valence-corrected chi connectivity index (χ4v) is 1.58. The summed E-state index contributed by atoms with van der Waals surface area (Å²) < 4.78 is 10.6. The van der Waals surface area contributed by atoms with Gasteiger partial charge in [-0.1, -0.05) is 24.2 Å². The number of aromatic nitrogens is 2. The molecule has 1 aromatic carbocycles. The maximum atomic E-state index is 9.42. The first kappa shape index (κ1) is 12.6. The fourth-order valence-electron chi connectivity index (χ4n) is 1.58. The van der Waals surface area contributed by atoms with Crippen LogP contribution in [-0.4, -0.2) is 22.4 Å². The smallest absolute Gasteiger partial charge is 0.258 e. The molecule has 0 fully saturated rings. The van der Waals surface area contributed by atoms with Crippen molar-refractivity contribution in [1.82, 2.24) is 10.1 Å². The normalized spacial score (nSPS) is 14.4. The third-order valence-electron chi connectivity index (χ3n) is 3.11. The van der Waals surface area contributed by atoms with Crippen LogP contribution >= 0.6 is 0 Å². The van der Waals surface area contributed by atoms with Crippen molar-refractivity contribution < 1.29 is 14.4 Å². The molecular formula is C13H16N2O3. The van der Waals surface area contributed by atoms with Gasteiger partial charge in [-0.15, -0.1) is 0 Å². The number of phenols is 1. The molecule has 2 rings (SSSR count). The van der Waals surface area contributed by atoms with Crippen molar-refractivity contribution in [2.75, 3.05) is 7.11 Å². The Bertz CT molecular complexity index is 533. The van der Waals surface area contributed by atoms with Gasteiger partial charge in [0, 0.05) is 12.7 Å². The molecule has 18 heavy (non-hydrogen) atoms. The van der Waals surface area contributed by atoms with E-state index >= 15 is 0 Å². The van der Waals surface area contributed by atoms with E-state index in [4.69, 9.17) is 9.26 Å². The van der Waals surface area contributed by atoms with Gasteiger partial charge in [-0.2, -0.15) is 4.98 Å². The largest absolute Gasteiger partial charge is 0.508 e. The van der Waals surface area contributed by atoms with Crippen LogP contribution in [0.25, 0.3) is 11.4 Å². The maximum absolute atomic E-state index is 9.42. The average molecular weight is 248 g/mol. The van der Waals surface area contributed by atoms with E-state index in [1.165, 1.54) is 0 Å². The molecule has 96 valence electrons. The molecule has 5 nitrogen and oxygen atoms in total. The molecule has 1 unspecified atom stereocenters. The Morgan fingerprint density at radius 2 is 2.22 bits per heavy atom. The monoisotopic (exact) mass is 248 g/mol. The molecule has 0 saturated heterocycles. The Morgan fingerprint density at radius 3 is 2.83 bits per heavy atom. The SMILES string of the molecule is CCC(C)(OC)c1nc(-c2cccc(O)c2)no1. The van der Waals surface area contributed by atoms with Crippen LogP contribution in [0.1, 0.15) is 26.2 Å². The Hall–Kier alpha value is -1.88. The lowest BCUT2D eigenvalue weighted by molar-refractivity contribution is -0.0272. The van der Waals surface area contributed by atoms with Crippen molar-refractivity contribution >= 4 is 0 Å². The van der Waals surface area contributed by atoms with Gasteiger partial charge in [0.2, 0.25) is 5.82 Å². The molecule has 0 bridgehead atoms. The molecule has 0 amide bonds.